The molecule has 0 fully saturated rings. The van der Waals surface area contributed by atoms with Crippen molar-refractivity contribution in [2.75, 3.05) is 11.4 Å². The second-order valence-electron chi connectivity index (χ2n) is 10.7. The van der Waals surface area contributed by atoms with Gasteiger partial charge in [0.2, 0.25) is 0 Å². The minimum Gasteiger partial charge on any atom is -0.444 e. The number of carbonyl (C=O) groups excluding carboxylic acids is 3. The summed E-state index contributed by atoms with van der Waals surface area (Å²) in [6.07, 6.45) is -7.15. The number of amides is 3. The van der Waals surface area contributed by atoms with Crippen LogP contribution in [0.25, 0.3) is 0 Å². The van der Waals surface area contributed by atoms with E-state index >= 15 is 4.39 Å². The number of carbonyl (C=O) groups is 3. The van der Waals surface area contributed by atoms with E-state index in [1.54, 1.807) is 32.9 Å². The molecule has 3 amide bonds. The fourth-order valence-corrected chi connectivity index (χ4v) is 5.96. The summed E-state index contributed by atoms with van der Waals surface area (Å²) in [4.78, 5) is 39.6. The number of sulfone groups is 1. The van der Waals surface area contributed by atoms with Gasteiger partial charge in [0.05, 0.1) is 27.9 Å². The summed E-state index contributed by atoms with van der Waals surface area (Å²) in [5, 5.41) is 3.29. The molecule has 1 aliphatic rings. The van der Waals surface area contributed by atoms with Gasteiger partial charge < -0.3 is 20.3 Å². The molecule has 3 rings (SSSR count). The molecule has 0 aliphatic carbocycles. The number of nitrogens with zero attached hydrogens (tertiary/aromatic N) is 1. The van der Waals surface area contributed by atoms with Crippen LogP contribution >= 0.6 is 11.6 Å². The fraction of sp³-hybridized carbons (Fsp3) is 0.444. The van der Waals surface area contributed by atoms with Gasteiger partial charge in [0.15, 0.2) is 9.84 Å². The van der Waals surface area contributed by atoms with Gasteiger partial charge in [-0.3, -0.25) is 9.59 Å². The number of benzene rings is 2. The lowest BCUT2D eigenvalue weighted by molar-refractivity contribution is -0.135. The number of nitrogens with one attached hydrogen (secondary N) is 2. The van der Waals surface area contributed by atoms with Crippen molar-refractivity contribution in [3.63, 3.8) is 0 Å². The first kappa shape index (κ1) is 33.1. The molecule has 0 bridgehead atoms. The molecular formula is C27H30ClF4N3O6S. The number of hydrogen-bond acceptors (Lipinski definition) is 6. The number of rotatable bonds is 7. The van der Waals surface area contributed by atoms with Crippen molar-refractivity contribution in [1.29, 1.82) is 0 Å². The zero-order valence-electron chi connectivity index (χ0n) is 23.1. The fourth-order valence-electron chi connectivity index (χ4n) is 4.16. The molecule has 0 radical (unpaired) electrons. The molecule has 15 heteroatoms. The Morgan fingerprint density at radius 3 is 2.29 bits per heavy atom. The van der Waals surface area contributed by atoms with E-state index in [1.165, 1.54) is 19.1 Å². The van der Waals surface area contributed by atoms with Gasteiger partial charge in [-0.25, -0.2) is 17.6 Å². The van der Waals surface area contributed by atoms with Crippen molar-refractivity contribution in [2.45, 2.75) is 75.0 Å². The van der Waals surface area contributed by atoms with Crippen molar-refractivity contribution in [2.24, 2.45) is 0 Å². The molecule has 230 valence electrons. The molecule has 2 atom stereocenters. The number of alkyl halides is 3. The van der Waals surface area contributed by atoms with E-state index in [2.05, 4.69) is 10.6 Å². The van der Waals surface area contributed by atoms with Gasteiger partial charge in [-0.05, 0) is 63.9 Å². The number of hydrogen-bond donors (Lipinski definition) is 2. The summed E-state index contributed by atoms with van der Waals surface area (Å²) < 4.78 is 85.1. The van der Waals surface area contributed by atoms with Gasteiger partial charge in [0, 0.05) is 18.0 Å². The zero-order valence-corrected chi connectivity index (χ0v) is 24.7. The van der Waals surface area contributed by atoms with Crippen molar-refractivity contribution < 1.29 is 45.1 Å². The lowest BCUT2D eigenvalue weighted by atomic mass is 10.1. The minimum absolute atomic E-state index is 0.268. The molecule has 0 saturated heterocycles. The van der Waals surface area contributed by atoms with Gasteiger partial charge in [-0.1, -0.05) is 23.7 Å². The molecule has 0 unspecified atom stereocenters. The van der Waals surface area contributed by atoms with E-state index in [9.17, 15) is 36.0 Å². The molecule has 0 spiro atoms. The Bertz CT molecular complexity index is 1460. The number of halogens is 5. The molecule has 0 saturated carbocycles. The molecule has 2 N–H and O–H groups in total. The number of ether oxygens (including phenoxy) is 1. The van der Waals surface area contributed by atoms with Crippen molar-refractivity contribution >= 4 is 45.0 Å². The van der Waals surface area contributed by atoms with E-state index in [0.29, 0.717) is 16.7 Å². The third-order valence-electron chi connectivity index (χ3n) is 6.23. The van der Waals surface area contributed by atoms with Gasteiger partial charge in [-0.2, -0.15) is 13.2 Å². The van der Waals surface area contributed by atoms with Crippen LogP contribution in [0, 0.1) is 5.82 Å². The first-order valence-corrected chi connectivity index (χ1v) is 14.7. The van der Waals surface area contributed by atoms with Crippen LogP contribution in [0.1, 0.15) is 56.5 Å². The predicted octanol–water partition coefficient (Wildman–Crippen LogP) is 5.15. The molecule has 1 aliphatic heterocycles. The smallest absolute Gasteiger partial charge is 0.408 e. The van der Waals surface area contributed by atoms with Gasteiger partial charge in [0.1, 0.15) is 17.5 Å². The first-order valence-electron chi connectivity index (χ1n) is 12.8. The van der Waals surface area contributed by atoms with E-state index in [-0.39, 0.29) is 12.2 Å². The lowest BCUT2D eigenvalue weighted by Crippen LogP contribution is -2.54. The summed E-state index contributed by atoms with van der Waals surface area (Å²) in [7, 11) is -4.51. The highest BCUT2D eigenvalue weighted by atomic mass is 35.5. The maximum absolute atomic E-state index is 15.2. The summed E-state index contributed by atoms with van der Waals surface area (Å²) in [6.45, 7) is 5.19. The molecule has 42 heavy (non-hydrogen) atoms. The summed E-state index contributed by atoms with van der Waals surface area (Å²) >= 11 is 5.96. The van der Waals surface area contributed by atoms with Crippen LogP contribution in [0.2, 0.25) is 5.02 Å². The Kier molecular flexibility index (Phi) is 9.82. The zero-order chi connectivity index (χ0) is 31.6. The van der Waals surface area contributed by atoms with E-state index in [0.717, 1.165) is 11.0 Å². The Hall–Kier alpha value is -3.39. The van der Waals surface area contributed by atoms with Gasteiger partial charge in [0.25, 0.3) is 11.8 Å². The van der Waals surface area contributed by atoms with Crippen LogP contribution in [0.4, 0.5) is 28.0 Å². The number of anilines is 1. The summed E-state index contributed by atoms with van der Waals surface area (Å²) in [6, 6.07) is 5.95. The summed E-state index contributed by atoms with van der Waals surface area (Å²) in [5.74, 6) is -3.27. The van der Waals surface area contributed by atoms with E-state index < -0.39 is 86.5 Å². The molecule has 2 aromatic carbocycles. The highest BCUT2D eigenvalue weighted by molar-refractivity contribution is 7.92. The normalized spacial score (nSPS) is 18.6. The van der Waals surface area contributed by atoms with Crippen LogP contribution in [0.3, 0.4) is 0 Å². The van der Waals surface area contributed by atoms with Crippen LogP contribution in [0.5, 0.6) is 0 Å². The van der Waals surface area contributed by atoms with Crippen LogP contribution in [-0.2, 0) is 25.9 Å². The second kappa shape index (κ2) is 12.5. The predicted molar refractivity (Wildman–Crippen MR) is 146 cm³/mol. The van der Waals surface area contributed by atoms with Crippen LogP contribution in [-0.4, -0.2) is 55.9 Å². The first-order chi connectivity index (χ1) is 19.3. The van der Waals surface area contributed by atoms with Crippen LogP contribution < -0.4 is 15.5 Å². The summed E-state index contributed by atoms with van der Waals surface area (Å²) in [5.41, 5.74) is -1.53. The van der Waals surface area contributed by atoms with Crippen LogP contribution in [0.15, 0.2) is 41.3 Å². The third kappa shape index (κ3) is 8.12. The number of fused-ring (bicyclic) bond motifs is 1. The minimum atomic E-state index is -4.51. The number of alkyl carbamates (subject to hydrolysis) is 1. The lowest BCUT2D eigenvalue weighted by Gasteiger charge is -2.28. The maximum Gasteiger partial charge on any atom is 0.408 e. The SMILES string of the molecule is C[C@@H]1[C@H](NC(=O)OC(C)(C)C)C(=O)N(Cc2ccc(Cl)cc2)c2cc(C(=O)NCCCC(F)(F)F)c(F)cc2S1(=O)=O. The highest BCUT2D eigenvalue weighted by Gasteiger charge is 2.45. The Morgan fingerprint density at radius 1 is 1.10 bits per heavy atom. The Balaban J connectivity index is 2.09. The standard InChI is InChI=1S/C27H30ClF4N3O6S/c1-15-22(34-25(38)41-26(2,3)4)24(37)35(14-16-6-8-17(28)9-7-16)20-12-18(19(29)13-21(20)42(15,39)40)23(36)33-11-5-10-27(30,31)32/h6-9,12-13,15,22H,5,10-11,14H2,1-4H3,(H,33,36)(H,34,38)/t15-,22+/m1/s1. The molecular weight excluding hydrogens is 606 g/mol. The largest absolute Gasteiger partial charge is 0.444 e. The van der Waals surface area contributed by atoms with Crippen molar-refractivity contribution in [1.82, 2.24) is 10.6 Å². The quantitative estimate of drug-likeness (QED) is 0.321. The molecule has 2 aromatic rings. The van der Waals surface area contributed by atoms with Crippen molar-refractivity contribution in [3.8, 4) is 0 Å². The Labute approximate surface area is 245 Å². The highest BCUT2D eigenvalue weighted by Crippen LogP contribution is 2.37. The third-order valence-corrected chi connectivity index (χ3v) is 8.67. The maximum atomic E-state index is 15.2. The second-order valence-corrected chi connectivity index (χ2v) is 13.4. The van der Waals surface area contributed by atoms with Gasteiger partial charge >= 0.3 is 12.3 Å². The monoisotopic (exact) mass is 635 g/mol. The molecule has 9 nitrogen and oxygen atoms in total. The average Bonchev–Trinajstić information content (AvgIpc) is 2.91. The average molecular weight is 636 g/mol. The van der Waals surface area contributed by atoms with E-state index in [1.807, 2.05) is 0 Å². The van der Waals surface area contributed by atoms with Crippen molar-refractivity contribution in [3.05, 3.63) is 58.4 Å². The van der Waals surface area contributed by atoms with E-state index in [4.69, 9.17) is 16.3 Å². The Morgan fingerprint density at radius 2 is 1.71 bits per heavy atom. The molecule has 0 aromatic heterocycles. The van der Waals surface area contributed by atoms with Gasteiger partial charge in [-0.15, -0.1) is 0 Å². The molecule has 1 heterocycles. The topological polar surface area (TPSA) is 122 Å².